The van der Waals surface area contributed by atoms with Crippen LogP contribution in [0.1, 0.15) is 58.8 Å². The predicted molar refractivity (Wildman–Crippen MR) is 135 cm³/mol. The number of sulfonamides is 1. The van der Waals surface area contributed by atoms with Gasteiger partial charge in [0.05, 0.1) is 30.5 Å². The number of benzene rings is 1. The van der Waals surface area contributed by atoms with Gasteiger partial charge in [-0.15, -0.1) is 4.58 Å². The average molecular weight is 515 g/mol. The molecule has 1 aromatic carbocycles. The van der Waals surface area contributed by atoms with Gasteiger partial charge in [0.15, 0.2) is 12.3 Å². The minimum Gasteiger partial charge on any atom is -0.406 e. The number of aryl methyl sites for hydroxylation is 1. The summed E-state index contributed by atoms with van der Waals surface area (Å²) in [6.45, 7) is 14.4. The first-order chi connectivity index (χ1) is 16.0. The van der Waals surface area contributed by atoms with E-state index in [0.717, 1.165) is 5.71 Å². The van der Waals surface area contributed by atoms with Gasteiger partial charge >= 0.3 is 6.09 Å². The smallest absolute Gasteiger partial charge is 0.406 e. The van der Waals surface area contributed by atoms with Gasteiger partial charge in [-0.2, -0.15) is 4.79 Å². The lowest BCUT2D eigenvalue weighted by molar-refractivity contribution is -0.459. The van der Waals surface area contributed by atoms with Crippen molar-refractivity contribution in [2.24, 2.45) is 0 Å². The molecule has 2 rings (SSSR count). The first-order valence-corrected chi connectivity index (χ1v) is 13.4. The molecule has 0 saturated heterocycles. The third-order valence-corrected chi connectivity index (χ3v) is 8.52. The highest BCUT2D eigenvalue weighted by atomic mass is 32.2. The summed E-state index contributed by atoms with van der Waals surface area (Å²) in [5.74, 6) is -0.338. The molecule has 0 aliphatic carbocycles. The number of hydrogen-bond donors (Lipinski definition) is 0. The molecule has 198 valence electrons. The van der Waals surface area contributed by atoms with Crippen LogP contribution in [0.5, 0.6) is 0 Å². The number of carbonyl (C=O) groups is 1. The fourth-order valence-electron chi connectivity index (χ4n) is 3.86. The van der Waals surface area contributed by atoms with Crippen LogP contribution in [0.4, 0.5) is 9.18 Å². The first kappa shape index (κ1) is 29.4. The Balaban J connectivity index is 2.25. The molecule has 0 saturated carbocycles. The lowest BCUT2D eigenvalue weighted by atomic mass is 10.1. The Hall–Kier alpha value is -1.88. The van der Waals surface area contributed by atoms with Crippen molar-refractivity contribution in [3.05, 3.63) is 35.1 Å². The number of halogens is 1. The predicted octanol–water partition coefficient (Wildman–Crippen LogP) is 3.58. The van der Waals surface area contributed by atoms with E-state index in [0.29, 0.717) is 37.3 Å². The Bertz CT molecular complexity index is 1050. The van der Waals surface area contributed by atoms with Crippen LogP contribution in [-0.2, 0) is 19.5 Å². The van der Waals surface area contributed by atoms with Crippen molar-refractivity contribution in [2.45, 2.75) is 71.5 Å². The van der Waals surface area contributed by atoms with Crippen LogP contribution in [0.2, 0.25) is 0 Å². The molecule has 0 fully saturated rings. The Labute approximate surface area is 209 Å². The van der Waals surface area contributed by atoms with Gasteiger partial charge in [-0.3, -0.25) is 4.90 Å². The van der Waals surface area contributed by atoms with Crippen LogP contribution in [0, 0.1) is 12.7 Å². The van der Waals surface area contributed by atoms with Crippen molar-refractivity contribution >= 4 is 21.8 Å². The molecule has 0 bridgehead atoms. The highest BCUT2D eigenvalue weighted by Crippen LogP contribution is 2.26. The molecule has 1 aliphatic rings. The topological polar surface area (TPSA) is 79.2 Å². The van der Waals surface area contributed by atoms with Gasteiger partial charge in [0.1, 0.15) is 11.4 Å². The summed E-state index contributed by atoms with van der Waals surface area (Å²) < 4.78 is 54.3. The standard InChI is InChI=1S/C25H41FN3O5S/c1-17-10-11-21(14-22(17)26)23(33-19(3)20(4)35(31,32)27(8)9)16-28-12-13-29(18(2)15-28)24(30)34-25(5,6)7/h10-11,14,19-20,23H,12-13,15-16H2,1-9H3/q+1/t19-,20?,23+/m0/s1. The molecule has 10 heteroatoms. The monoisotopic (exact) mass is 514 g/mol. The van der Waals surface area contributed by atoms with Crippen LogP contribution in [0.15, 0.2) is 18.2 Å². The van der Waals surface area contributed by atoms with Gasteiger partial charge in [-0.1, -0.05) is 12.1 Å². The number of nitrogens with zero attached hydrogens (tertiary/aromatic N) is 3. The largest absolute Gasteiger partial charge is 0.596 e. The summed E-state index contributed by atoms with van der Waals surface area (Å²) in [6.07, 6.45) is -1.56. The molecule has 3 atom stereocenters. The van der Waals surface area contributed by atoms with Crippen molar-refractivity contribution in [3.63, 3.8) is 0 Å². The van der Waals surface area contributed by atoms with Gasteiger partial charge < -0.3 is 9.47 Å². The molecule has 1 amide bonds. The minimum absolute atomic E-state index is 0.338. The highest BCUT2D eigenvalue weighted by Gasteiger charge is 2.35. The van der Waals surface area contributed by atoms with E-state index in [9.17, 15) is 17.6 Å². The Morgan fingerprint density at radius 1 is 1.23 bits per heavy atom. The molecular weight excluding hydrogens is 473 g/mol. The zero-order valence-electron chi connectivity index (χ0n) is 22.5. The zero-order chi connectivity index (χ0) is 26.7. The van der Waals surface area contributed by atoms with E-state index in [1.165, 1.54) is 24.5 Å². The molecule has 1 aliphatic heterocycles. The fraction of sp³-hybridized carbons (Fsp3) is 0.680. The summed E-state index contributed by atoms with van der Waals surface area (Å²) in [4.78, 5) is 14.7. The highest BCUT2D eigenvalue weighted by molar-refractivity contribution is 7.89. The Morgan fingerprint density at radius 3 is 2.37 bits per heavy atom. The van der Waals surface area contributed by atoms with Gasteiger partial charge in [0.2, 0.25) is 10.0 Å². The number of hydrogen-bond acceptors (Lipinski definition) is 6. The zero-order valence-corrected chi connectivity index (χ0v) is 23.3. The molecule has 0 aromatic heterocycles. The molecule has 0 radical (unpaired) electrons. The van der Waals surface area contributed by atoms with Crippen LogP contribution >= 0.6 is 0 Å². The second-order valence-corrected chi connectivity index (χ2v) is 13.0. The van der Waals surface area contributed by atoms with E-state index < -0.39 is 33.1 Å². The quantitative estimate of drug-likeness (QED) is 0.494. The molecule has 0 N–H and O–H groups in total. The number of ether oxygens (including phenoxy) is 2. The number of amides is 1. The van der Waals surface area contributed by atoms with Crippen LogP contribution < -0.4 is 0 Å². The van der Waals surface area contributed by atoms with E-state index in [4.69, 9.17) is 9.47 Å². The second kappa shape index (κ2) is 11.5. The lowest BCUT2D eigenvalue weighted by Crippen LogP contribution is -2.48. The maximum absolute atomic E-state index is 14.4. The molecule has 1 heterocycles. The molecule has 35 heavy (non-hydrogen) atoms. The molecule has 1 unspecified atom stereocenters. The van der Waals surface area contributed by atoms with E-state index in [1.807, 2.05) is 33.8 Å². The summed E-state index contributed by atoms with van der Waals surface area (Å²) in [7, 11) is -0.546. The minimum atomic E-state index is -3.53. The van der Waals surface area contributed by atoms with Crippen molar-refractivity contribution in [2.75, 3.05) is 40.3 Å². The Kier molecular flexibility index (Phi) is 9.60. The molecular formula is C25H41FN3O5S+. The first-order valence-electron chi connectivity index (χ1n) is 11.9. The van der Waals surface area contributed by atoms with E-state index in [-0.39, 0.29) is 11.9 Å². The molecule has 0 spiro atoms. The normalized spacial score (nSPS) is 18.5. The second-order valence-electron chi connectivity index (χ2n) is 10.5. The molecule has 8 nitrogen and oxygen atoms in total. The number of rotatable bonds is 8. The third-order valence-electron chi connectivity index (χ3n) is 6.18. The van der Waals surface area contributed by atoms with E-state index in [2.05, 4.69) is 4.90 Å². The van der Waals surface area contributed by atoms with Gasteiger partial charge in [0.25, 0.3) is 0 Å². The Morgan fingerprint density at radius 2 is 1.86 bits per heavy atom. The van der Waals surface area contributed by atoms with Crippen molar-refractivity contribution in [3.8, 4) is 0 Å². The molecule has 1 aromatic rings. The summed E-state index contributed by atoms with van der Waals surface area (Å²) >= 11 is 0. The fourth-order valence-corrected chi connectivity index (χ4v) is 5.07. The van der Waals surface area contributed by atoms with Gasteiger partial charge in [-0.05, 0) is 58.7 Å². The SMILES string of the molecule is CC1=[N+](C(=O)OC(C)(C)C)CCN(C[C@@H](O[C@@H](C)C(C)S(=O)(=O)N(C)C)c2ccc(C)c(F)c2)C1. The van der Waals surface area contributed by atoms with Gasteiger partial charge in [-0.25, -0.2) is 17.1 Å². The van der Waals surface area contributed by atoms with Crippen molar-refractivity contribution < 1.29 is 31.7 Å². The summed E-state index contributed by atoms with van der Waals surface area (Å²) in [5, 5.41) is -0.785. The van der Waals surface area contributed by atoms with Crippen molar-refractivity contribution in [1.29, 1.82) is 0 Å². The van der Waals surface area contributed by atoms with E-state index >= 15 is 0 Å². The van der Waals surface area contributed by atoms with E-state index in [1.54, 1.807) is 31.4 Å². The summed E-state index contributed by atoms with van der Waals surface area (Å²) in [6, 6.07) is 4.96. The third kappa shape index (κ3) is 7.80. The van der Waals surface area contributed by atoms with Crippen LogP contribution in [-0.4, -0.2) is 91.2 Å². The maximum Gasteiger partial charge on any atom is 0.596 e. The average Bonchev–Trinajstić information content (AvgIpc) is 2.73. The lowest BCUT2D eigenvalue weighted by Gasteiger charge is -2.32. The van der Waals surface area contributed by atoms with Crippen molar-refractivity contribution in [1.82, 2.24) is 9.21 Å². The maximum atomic E-state index is 14.4. The van der Waals surface area contributed by atoms with Gasteiger partial charge in [0, 0.05) is 27.6 Å². The summed E-state index contributed by atoms with van der Waals surface area (Å²) in [5.41, 5.74) is 1.43. The number of carbonyl (C=O) groups excluding carboxylic acids is 1. The van der Waals surface area contributed by atoms with Crippen LogP contribution in [0.3, 0.4) is 0 Å². The van der Waals surface area contributed by atoms with Crippen LogP contribution in [0.25, 0.3) is 0 Å².